The second-order valence-corrected chi connectivity index (χ2v) is 6.31. The van der Waals surface area contributed by atoms with Crippen LogP contribution in [-0.2, 0) is 10.2 Å². The first-order valence-corrected chi connectivity index (χ1v) is 8.08. The third kappa shape index (κ3) is 2.92. The SMILES string of the molecule is NCC1(c2ccc(F)cc2N2CCOCC2)CCCCC1. The van der Waals surface area contributed by atoms with Crippen LogP contribution in [0.4, 0.5) is 10.1 Å². The normalized spacial score (nSPS) is 22.3. The molecule has 3 nitrogen and oxygen atoms in total. The standard InChI is InChI=1S/C17H25FN2O/c18-14-4-5-15(17(13-19)6-2-1-3-7-17)16(12-14)20-8-10-21-11-9-20/h4-5,12H,1-3,6-11,13,19H2. The van der Waals surface area contributed by atoms with Gasteiger partial charge in [0.2, 0.25) is 0 Å². The zero-order valence-corrected chi connectivity index (χ0v) is 12.6. The summed E-state index contributed by atoms with van der Waals surface area (Å²) in [5.41, 5.74) is 8.47. The number of rotatable bonds is 3. The third-order valence-corrected chi connectivity index (χ3v) is 5.08. The van der Waals surface area contributed by atoms with Crippen molar-refractivity contribution in [3.63, 3.8) is 0 Å². The third-order valence-electron chi connectivity index (χ3n) is 5.08. The molecule has 2 N–H and O–H groups in total. The first-order valence-electron chi connectivity index (χ1n) is 8.08. The smallest absolute Gasteiger partial charge is 0.125 e. The van der Waals surface area contributed by atoms with Gasteiger partial charge >= 0.3 is 0 Å². The summed E-state index contributed by atoms with van der Waals surface area (Å²) in [5, 5.41) is 0. The van der Waals surface area contributed by atoms with Crippen LogP contribution in [0.25, 0.3) is 0 Å². The fraction of sp³-hybridized carbons (Fsp3) is 0.647. The van der Waals surface area contributed by atoms with Gasteiger partial charge in [-0.3, -0.25) is 0 Å². The lowest BCUT2D eigenvalue weighted by Gasteiger charge is -2.41. The van der Waals surface area contributed by atoms with E-state index in [4.69, 9.17) is 10.5 Å². The Kier molecular flexibility index (Phi) is 4.45. The molecular formula is C17H25FN2O. The van der Waals surface area contributed by atoms with E-state index in [0.717, 1.165) is 31.6 Å². The first-order chi connectivity index (χ1) is 10.2. The minimum Gasteiger partial charge on any atom is -0.378 e. The number of hydrogen-bond acceptors (Lipinski definition) is 3. The molecule has 2 aliphatic rings. The number of anilines is 1. The summed E-state index contributed by atoms with van der Waals surface area (Å²) < 4.78 is 19.2. The Morgan fingerprint density at radius 2 is 1.86 bits per heavy atom. The molecule has 0 atom stereocenters. The molecule has 3 rings (SSSR count). The van der Waals surface area contributed by atoms with Crippen molar-refractivity contribution >= 4 is 5.69 Å². The van der Waals surface area contributed by atoms with Crippen molar-refractivity contribution in [3.05, 3.63) is 29.6 Å². The van der Waals surface area contributed by atoms with E-state index >= 15 is 0 Å². The number of ether oxygens (including phenoxy) is 1. The van der Waals surface area contributed by atoms with Gasteiger partial charge < -0.3 is 15.4 Å². The van der Waals surface area contributed by atoms with E-state index in [2.05, 4.69) is 4.90 Å². The minimum absolute atomic E-state index is 0.0274. The van der Waals surface area contributed by atoms with Crippen LogP contribution >= 0.6 is 0 Å². The largest absolute Gasteiger partial charge is 0.378 e. The van der Waals surface area contributed by atoms with E-state index in [1.807, 2.05) is 6.07 Å². The maximum Gasteiger partial charge on any atom is 0.125 e. The molecule has 0 spiro atoms. The van der Waals surface area contributed by atoms with Crippen LogP contribution in [0.2, 0.25) is 0 Å². The highest BCUT2D eigenvalue weighted by Crippen LogP contribution is 2.43. The van der Waals surface area contributed by atoms with Crippen molar-refractivity contribution in [2.24, 2.45) is 5.73 Å². The fourth-order valence-electron chi connectivity index (χ4n) is 3.83. The molecule has 1 aromatic carbocycles. The van der Waals surface area contributed by atoms with Crippen molar-refractivity contribution in [1.82, 2.24) is 0 Å². The predicted molar refractivity (Wildman–Crippen MR) is 83.2 cm³/mol. The highest BCUT2D eigenvalue weighted by Gasteiger charge is 2.35. The van der Waals surface area contributed by atoms with Gasteiger partial charge in [-0.25, -0.2) is 4.39 Å². The number of morpholine rings is 1. The van der Waals surface area contributed by atoms with E-state index in [9.17, 15) is 4.39 Å². The van der Waals surface area contributed by atoms with Crippen LogP contribution in [-0.4, -0.2) is 32.8 Å². The maximum atomic E-state index is 13.8. The second kappa shape index (κ2) is 6.32. The van der Waals surface area contributed by atoms with Crippen molar-refractivity contribution in [2.45, 2.75) is 37.5 Å². The van der Waals surface area contributed by atoms with Crippen molar-refractivity contribution in [2.75, 3.05) is 37.7 Å². The van der Waals surface area contributed by atoms with Gasteiger partial charge in [-0.15, -0.1) is 0 Å². The van der Waals surface area contributed by atoms with Crippen LogP contribution in [0.15, 0.2) is 18.2 Å². The molecule has 1 saturated heterocycles. The Hall–Kier alpha value is -1.13. The summed E-state index contributed by atoms with van der Waals surface area (Å²) in [6.45, 7) is 3.74. The van der Waals surface area contributed by atoms with E-state index in [0.29, 0.717) is 19.8 Å². The number of hydrogen-bond donors (Lipinski definition) is 1. The number of halogens is 1. The van der Waals surface area contributed by atoms with Crippen molar-refractivity contribution in [1.29, 1.82) is 0 Å². The molecule has 21 heavy (non-hydrogen) atoms. The van der Waals surface area contributed by atoms with Gasteiger partial charge in [-0.2, -0.15) is 0 Å². The van der Waals surface area contributed by atoms with Gasteiger partial charge in [-0.1, -0.05) is 25.3 Å². The van der Waals surface area contributed by atoms with E-state index in [1.54, 1.807) is 12.1 Å². The lowest BCUT2D eigenvalue weighted by Crippen LogP contribution is -2.42. The van der Waals surface area contributed by atoms with Gasteiger partial charge in [0.05, 0.1) is 13.2 Å². The monoisotopic (exact) mass is 292 g/mol. The Labute approximate surface area is 126 Å². The summed E-state index contributed by atoms with van der Waals surface area (Å²) in [4.78, 5) is 2.26. The molecule has 1 aliphatic heterocycles. The highest BCUT2D eigenvalue weighted by molar-refractivity contribution is 5.58. The maximum absolute atomic E-state index is 13.8. The van der Waals surface area contributed by atoms with Gasteiger partial charge in [0, 0.05) is 30.7 Å². The minimum atomic E-state index is -0.164. The van der Waals surface area contributed by atoms with Gasteiger partial charge in [0.25, 0.3) is 0 Å². The Morgan fingerprint density at radius 3 is 2.52 bits per heavy atom. The molecule has 0 amide bonds. The Morgan fingerprint density at radius 1 is 1.14 bits per heavy atom. The molecule has 1 aromatic rings. The Bertz CT molecular complexity index is 480. The first kappa shape index (κ1) is 14.8. The number of benzene rings is 1. The second-order valence-electron chi connectivity index (χ2n) is 6.31. The highest BCUT2D eigenvalue weighted by atomic mass is 19.1. The summed E-state index contributed by atoms with van der Waals surface area (Å²) in [6, 6.07) is 5.25. The lowest BCUT2D eigenvalue weighted by molar-refractivity contribution is 0.122. The summed E-state index contributed by atoms with van der Waals surface area (Å²) in [7, 11) is 0. The molecule has 4 heteroatoms. The van der Waals surface area contributed by atoms with Crippen LogP contribution in [0.5, 0.6) is 0 Å². The van der Waals surface area contributed by atoms with Crippen molar-refractivity contribution < 1.29 is 9.13 Å². The van der Waals surface area contributed by atoms with E-state index in [-0.39, 0.29) is 11.2 Å². The molecule has 0 bridgehead atoms. The molecule has 116 valence electrons. The van der Waals surface area contributed by atoms with Crippen LogP contribution in [0.3, 0.4) is 0 Å². The molecule has 1 heterocycles. The molecule has 2 fully saturated rings. The zero-order valence-electron chi connectivity index (χ0n) is 12.6. The van der Waals surface area contributed by atoms with Crippen LogP contribution in [0, 0.1) is 5.82 Å². The molecular weight excluding hydrogens is 267 g/mol. The number of nitrogens with zero attached hydrogens (tertiary/aromatic N) is 1. The summed E-state index contributed by atoms with van der Waals surface area (Å²) in [6.07, 6.45) is 5.96. The number of nitrogens with two attached hydrogens (primary N) is 1. The lowest BCUT2D eigenvalue weighted by atomic mass is 9.69. The zero-order chi connectivity index (χ0) is 14.7. The average Bonchev–Trinajstić information content (AvgIpc) is 2.56. The van der Waals surface area contributed by atoms with Gasteiger partial charge in [0.1, 0.15) is 5.82 Å². The molecule has 0 radical (unpaired) electrons. The van der Waals surface area contributed by atoms with Gasteiger partial charge in [-0.05, 0) is 30.5 Å². The average molecular weight is 292 g/mol. The quantitative estimate of drug-likeness (QED) is 0.931. The predicted octanol–water partition coefficient (Wildman–Crippen LogP) is 2.82. The van der Waals surface area contributed by atoms with Crippen LogP contribution < -0.4 is 10.6 Å². The molecule has 0 aromatic heterocycles. The molecule has 1 saturated carbocycles. The van der Waals surface area contributed by atoms with E-state index in [1.165, 1.54) is 24.8 Å². The molecule has 1 aliphatic carbocycles. The summed E-state index contributed by atoms with van der Waals surface area (Å²) >= 11 is 0. The van der Waals surface area contributed by atoms with Crippen molar-refractivity contribution in [3.8, 4) is 0 Å². The topological polar surface area (TPSA) is 38.5 Å². The summed E-state index contributed by atoms with van der Waals surface area (Å²) in [5.74, 6) is -0.164. The van der Waals surface area contributed by atoms with E-state index < -0.39 is 0 Å². The van der Waals surface area contributed by atoms with Gasteiger partial charge in [0.15, 0.2) is 0 Å². The molecule has 0 unspecified atom stereocenters. The Balaban J connectivity index is 2.00. The van der Waals surface area contributed by atoms with Crippen LogP contribution in [0.1, 0.15) is 37.7 Å². The fourth-order valence-corrected chi connectivity index (χ4v) is 3.83.